The molecule has 4 nitrogen and oxygen atoms in total. The molecule has 0 spiro atoms. The second kappa shape index (κ2) is 4.74. The zero-order valence-corrected chi connectivity index (χ0v) is 10.4. The van der Waals surface area contributed by atoms with Crippen molar-refractivity contribution in [2.24, 2.45) is 0 Å². The van der Waals surface area contributed by atoms with Gasteiger partial charge in [0.15, 0.2) is 12.0 Å². The summed E-state index contributed by atoms with van der Waals surface area (Å²) in [5, 5.41) is 0.570. The highest BCUT2D eigenvalue weighted by atomic mass is 35.5. The van der Waals surface area contributed by atoms with Crippen LogP contribution in [0.5, 0.6) is 5.75 Å². The summed E-state index contributed by atoms with van der Waals surface area (Å²) in [7, 11) is 0. The zero-order chi connectivity index (χ0) is 13.2. The summed E-state index contributed by atoms with van der Waals surface area (Å²) < 4.78 is 10.4. The van der Waals surface area contributed by atoms with Crippen LogP contribution in [0.2, 0.25) is 5.02 Å². The van der Waals surface area contributed by atoms with Crippen LogP contribution in [0, 0.1) is 0 Å². The number of fused-ring (bicyclic) bond motifs is 1. The molecule has 94 valence electrons. The molecule has 0 aliphatic heterocycles. The molecule has 0 atom stereocenters. The van der Waals surface area contributed by atoms with Crippen molar-refractivity contribution in [3.8, 4) is 5.75 Å². The first-order valence-electron chi connectivity index (χ1n) is 5.53. The van der Waals surface area contributed by atoms with Crippen LogP contribution in [0.1, 0.15) is 10.4 Å². The fraction of sp³-hybridized carbons (Fsp3) is 0. The highest BCUT2D eigenvalue weighted by Crippen LogP contribution is 2.20. The molecule has 1 aromatic heterocycles. The Morgan fingerprint density at radius 3 is 2.74 bits per heavy atom. The standard InChI is InChI=1S/C14H8ClNO3/c15-10-3-1-9(2-4-10)14(17)19-11-5-6-13-12(7-11)16-8-18-13/h1-8H. The van der Waals surface area contributed by atoms with E-state index >= 15 is 0 Å². The first-order valence-corrected chi connectivity index (χ1v) is 5.91. The van der Waals surface area contributed by atoms with Crippen molar-refractivity contribution in [2.75, 3.05) is 0 Å². The maximum atomic E-state index is 11.9. The monoisotopic (exact) mass is 273 g/mol. The van der Waals surface area contributed by atoms with E-state index in [1.807, 2.05) is 0 Å². The number of halogens is 1. The summed E-state index contributed by atoms with van der Waals surface area (Å²) in [5.41, 5.74) is 1.72. The van der Waals surface area contributed by atoms with Crippen LogP contribution in [0.4, 0.5) is 0 Å². The van der Waals surface area contributed by atoms with Gasteiger partial charge >= 0.3 is 5.97 Å². The minimum Gasteiger partial charge on any atom is -0.443 e. The van der Waals surface area contributed by atoms with Crippen LogP contribution in [0.15, 0.2) is 53.3 Å². The van der Waals surface area contributed by atoms with Crippen molar-refractivity contribution in [2.45, 2.75) is 0 Å². The van der Waals surface area contributed by atoms with Gasteiger partial charge in [-0.25, -0.2) is 9.78 Å². The van der Waals surface area contributed by atoms with Crippen molar-refractivity contribution >= 4 is 28.7 Å². The van der Waals surface area contributed by atoms with Gasteiger partial charge in [0.2, 0.25) is 0 Å². The second-order valence-electron chi connectivity index (χ2n) is 3.88. The molecule has 0 N–H and O–H groups in total. The summed E-state index contributed by atoms with van der Waals surface area (Å²) in [5.74, 6) is -0.0270. The van der Waals surface area contributed by atoms with Crippen LogP contribution in [0.3, 0.4) is 0 Å². The van der Waals surface area contributed by atoms with E-state index in [-0.39, 0.29) is 0 Å². The van der Waals surface area contributed by atoms with E-state index in [0.717, 1.165) is 0 Å². The third-order valence-electron chi connectivity index (χ3n) is 2.59. The molecule has 0 amide bonds. The van der Waals surface area contributed by atoms with Crippen LogP contribution < -0.4 is 4.74 Å². The fourth-order valence-electron chi connectivity index (χ4n) is 1.65. The first kappa shape index (κ1) is 11.7. The average Bonchev–Trinajstić information content (AvgIpc) is 2.87. The summed E-state index contributed by atoms with van der Waals surface area (Å²) in [6, 6.07) is 11.5. The number of ether oxygens (including phenoxy) is 1. The minimum absolute atomic E-state index is 0.418. The largest absolute Gasteiger partial charge is 0.443 e. The van der Waals surface area contributed by atoms with Gasteiger partial charge in [-0.3, -0.25) is 0 Å². The molecule has 0 saturated carbocycles. The lowest BCUT2D eigenvalue weighted by molar-refractivity contribution is 0.0735. The lowest BCUT2D eigenvalue weighted by Gasteiger charge is -2.03. The Bertz CT molecular complexity index is 734. The fourth-order valence-corrected chi connectivity index (χ4v) is 1.78. The smallest absolute Gasteiger partial charge is 0.343 e. The summed E-state index contributed by atoms with van der Waals surface area (Å²) in [4.78, 5) is 15.9. The highest BCUT2D eigenvalue weighted by molar-refractivity contribution is 6.30. The van der Waals surface area contributed by atoms with Crippen LogP contribution in [0.25, 0.3) is 11.1 Å². The molecule has 3 rings (SSSR count). The van der Waals surface area contributed by atoms with Gasteiger partial charge in [-0.2, -0.15) is 0 Å². The van der Waals surface area contributed by atoms with Crippen molar-refractivity contribution in [1.29, 1.82) is 0 Å². The summed E-state index contributed by atoms with van der Waals surface area (Å²) in [6.07, 6.45) is 1.34. The molecular weight excluding hydrogens is 266 g/mol. The molecular formula is C14H8ClNO3. The van der Waals surface area contributed by atoms with Crippen molar-refractivity contribution in [3.05, 3.63) is 59.4 Å². The predicted molar refractivity (Wildman–Crippen MR) is 70.4 cm³/mol. The summed E-state index contributed by atoms with van der Waals surface area (Å²) in [6.45, 7) is 0. The number of rotatable bonds is 2. The molecule has 0 aliphatic rings. The number of aromatic nitrogens is 1. The topological polar surface area (TPSA) is 52.3 Å². The van der Waals surface area contributed by atoms with Crippen molar-refractivity contribution < 1.29 is 13.9 Å². The Balaban J connectivity index is 1.83. The molecule has 3 aromatic rings. The van der Waals surface area contributed by atoms with Crippen molar-refractivity contribution in [1.82, 2.24) is 4.98 Å². The van der Waals surface area contributed by atoms with E-state index in [1.165, 1.54) is 6.39 Å². The molecule has 0 aliphatic carbocycles. The third kappa shape index (κ3) is 2.44. The zero-order valence-electron chi connectivity index (χ0n) is 9.67. The molecule has 5 heteroatoms. The highest BCUT2D eigenvalue weighted by Gasteiger charge is 2.09. The van der Waals surface area contributed by atoms with Gasteiger partial charge in [-0.15, -0.1) is 0 Å². The van der Waals surface area contributed by atoms with E-state index < -0.39 is 5.97 Å². The number of carbonyl (C=O) groups is 1. The molecule has 0 bridgehead atoms. The predicted octanol–water partition coefficient (Wildman–Crippen LogP) is 3.70. The van der Waals surface area contributed by atoms with Gasteiger partial charge in [0.1, 0.15) is 11.3 Å². The Morgan fingerprint density at radius 2 is 1.95 bits per heavy atom. The number of benzene rings is 2. The molecule has 19 heavy (non-hydrogen) atoms. The maximum Gasteiger partial charge on any atom is 0.343 e. The summed E-state index contributed by atoms with van der Waals surface area (Å²) >= 11 is 5.76. The van der Waals surface area contributed by atoms with Gasteiger partial charge in [0, 0.05) is 11.1 Å². The van der Waals surface area contributed by atoms with Crippen LogP contribution in [-0.4, -0.2) is 11.0 Å². The SMILES string of the molecule is O=C(Oc1ccc2ocnc2c1)c1ccc(Cl)cc1. The molecule has 1 heterocycles. The van der Waals surface area contributed by atoms with E-state index in [4.69, 9.17) is 20.8 Å². The van der Waals surface area contributed by atoms with Crippen molar-refractivity contribution in [3.63, 3.8) is 0 Å². The minimum atomic E-state index is -0.445. The van der Waals surface area contributed by atoms with Gasteiger partial charge < -0.3 is 9.15 Å². The average molecular weight is 274 g/mol. The van der Waals surface area contributed by atoms with E-state index in [0.29, 0.717) is 27.4 Å². The molecule has 0 radical (unpaired) electrons. The quantitative estimate of drug-likeness (QED) is 0.528. The van der Waals surface area contributed by atoms with E-state index in [2.05, 4.69) is 4.98 Å². The third-order valence-corrected chi connectivity index (χ3v) is 2.84. The van der Waals surface area contributed by atoms with Crippen LogP contribution in [-0.2, 0) is 0 Å². The lowest BCUT2D eigenvalue weighted by Crippen LogP contribution is -2.08. The normalized spacial score (nSPS) is 10.6. The Labute approximate surface area is 113 Å². The Morgan fingerprint density at radius 1 is 1.16 bits per heavy atom. The number of hydrogen-bond acceptors (Lipinski definition) is 4. The Hall–Kier alpha value is -2.33. The maximum absolute atomic E-state index is 11.9. The number of carbonyl (C=O) groups excluding carboxylic acids is 1. The molecule has 2 aromatic carbocycles. The molecule has 0 saturated heterocycles. The van der Waals surface area contributed by atoms with E-state index in [9.17, 15) is 4.79 Å². The van der Waals surface area contributed by atoms with Gasteiger partial charge in [0.05, 0.1) is 5.56 Å². The van der Waals surface area contributed by atoms with Gasteiger partial charge in [-0.1, -0.05) is 11.6 Å². The van der Waals surface area contributed by atoms with Crippen LogP contribution >= 0.6 is 11.6 Å². The number of esters is 1. The number of hydrogen-bond donors (Lipinski definition) is 0. The first-order chi connectivity index (χ1) is 9.22. The lowest BCUT2D eigenvalue weighted by atomic mass is 10.2. The molecule has 0 unspecified atom stereocenters. The molecule has 0 fully saturated rings. The van der Waals surface area contributed by atoms with Gasteiger partial charge in [-0.05, 0) is 36.4 Å². The number of oxazole rings is 1. The van der Waals surface area contributed by atoms with Gasteiger partial charge in [0.25, 0.3) is 0 Å². The second-order valence-corrected chi connectivity index (χ2v) is 4.31. The Kier molecular flexibility index (Phi) is 2.93. The number of nitrogens with zero attached hydrogens (tertiary/aromatic N) is 1. The van der Waals surface area contributed by atoms with E-state index in [1.54, 1.807) is 42.5 Å².